The number of hydrogen-bond donors (Lipinski definition) is 0. The first-order valence-corrected chi connectivity index (χ1v) is 5.22. The Hall–Kier alpha value is -1.18. The molecular formula is C12H17NO. The summed E-state index contributed by atoms with van der Waals surface area (Å²) in [5.74, 6) is 1.12. The van der Waals surface area contributed by atoms with Crippen LogP contribution >= 0.6 is 0 Å². The molecule has 0 atom stereocenters. The molecule has 0 aromatic heterocycles. The molecule has 1 aliphatic heterocycles. The first-order valence-electron chi connectivity index (χ1n) is 5.22. The smallest absolute Gasteiger partial charge is 0.120 e. The predicted octanol–water partition coefficient (Wildman–Crippen LogP) is 2.80. The van der Waals surface area contributed by atoms with Gasteiger partial charge in [-0.05, 0) is 43.5 Å². The fraction of sp³-hybridized carbons (Fsp3) is 0.500. The molecule has 0 N–H and O–H groups in total. The molecule has 0 spiro atoms. The zero-order chi connectivity index (χ0) is 9.97. The Morgan fingerprint density at radius 1 is 1.43 bits per heavy atom. The molecule has 2 aliphatic rings. The second-order valence-corrected chi connectivity index (χ2v) is 3.85. The Morgan fingerprint density at radius 2 is 2.29 bits per heavy atom. The number of nitrogens with zero attached hydrogens (tertiary/aromatic N) is 1. The van der Waals surface area contributed by atoms with Gasteiger partial charge in [0, 0.05) is 12.7 Å². The molecule has 0 saturated heterocycles. The van der Waals surface area contributed by atoms with E-state index in [2.05, 4.69) is 17.6 Å². The van der Waals surface area contributed by atoms with Gasteiger partial charge in [0.1, 0.15) is 5.76 Å². The molecule has 0 fully saturated rings. The monoisotopic (exact) mass is 191 g/mol. The van der Waals surface area contributed by atoms with E-state index < -0.39 is 0 Å². The first kappa shape index (κ1) is 9.38. The number of ether oxygens (including phenoxy) is 1. The largest absolute Gasteiger partial charge is 0.494 e. The molecule has 2 heteroatoms. The minimum atomic E-state index is 0.875. The zero-order valence-electron chi connectivity index (χ0n) is 8.75. The second kappa shape index (κ2) is 3.91. The van der Waals surface area contributed by atoms with Gasteiger partial charge in [-0.15, -0.1) is 0 Å². The van der Waals surface area contributed by atoms with Crippen LogP contribution in [-0.2, 0) is 4.74 Å². The predicted molar refractivity (Wildman–Crippen MR) is 57.5 cm³/mol. The second-order valence-electron chi connectivity index (χ2n) is 3.85. The third-order valence-electron chi connectivity index (χ3n) is 2.94. The van der Waals surface area contributed by atoms with Gasteiger partial charge in [-0.1, -0.05) is 6.58 Å². The van der Waals surface area contributed by atoms with E-state index in [-0.39, 0.29) is 0 Å². The molecule has 1 aliphatic carbocycles. The quantitative estimate of drug-likeness (QED) is 0.665. The molecule has 0 aromatic rings. The Kier molecular flexibility index (Phi) is 2.62. The highest BCUT2D eigenvalue weighted by Gasteiger charge is 2.18. The molecule has 76 valence electrons. The minimum absolute atomic E-state index is 0.875. The molecule has 0 bridgehead atoms. The van der Waals surface area contributed by atoms with Crippen LogP contribution in [0.3, 0.4) is 0 Å². The Labute approximate surface area is 85.5 Å². The highest BCUT2D eigenvalue weighted by Crippen LogP contribution is 2.31. The van der Waals surface area contributed by atoms with Crippen molar-refractivity contribution in [3.05, 3.63) is 35.9 Å². The Bertz CT molecular complexity index is 301. The molecular weight excluding hydrogens is 174 g/mol. The number of rotatable bonds is 2. The van der Waals surface area contributed by atoms with Gasteiger partial charge in [-0.25, -0.2) is 0 Å². The van der Waals surface area contributed by atoms with E-state index in [9.17, 15) is 0 Å². The lowest BCUT2D eigenvalue weighted by Crippen LogP contribution is -2.16. The van der Waals surface area contributed by atoms with Crippen LogP contribution in [0.15, 0.2) is 35.9 Å². The van der Waals surface area contributed by atoms with E-state index in [1.165, 1.54) is 24.1 Å². The lowest BCUT2D eigenvalue weighted by atomic mass is 9.95. The van der Waals surface area contributed by atoms with Gasteiger partial charge in [0.05, 0.1) is 6.61 Å². The summed E-state index contributed by atoms with van der Waals surface area (Å²) in [5, 5.41) is 0. The van der Waals surface area contributed by atoms with Crippen LogP contribution in [0.4, 0.5) is 0 Å². The summed E-state index contributed by atoms with van der Waals surface area (Å²) in [4.78, 5) is 2.07. The standard InChI is InChI=1S/C12H17NO/c1-3-13(2)11-7-6-10-5-4-8-14-12(10)9-11/h3,9H,1,4-8H2,2H3. The molecule has 2 nitrogen and oxygen atoms in total. The van der Waals surface area contributed by atoms with Gasteiger partial charge < -0.3 is 9.64 Å². The average molecular weight is 191 g/mol. The van der Waals surface area contributed by atoms with Crippen LogP contribution in [0.5, 0.6) is 0 Å². The fourth-order valence-corrected chi connectivity index (χ4v) is 1.98. The number of allylic oxidation sites excluding steroid dienone is 3. The van der Waals surface area contributed by atoms with Crippen molar-refractivity contribution in [2.75, 3.05) is 13.7 Å². The van der Waals surface area contributed by atoms with Crippen molar-refractivity contribution in [2.45, 2.75) is 25.7 Å². The summed E-state index contributed by atoms with van der Waals surface area (Å²) in [6, 6.07) is 0. The van der Waals surface area contributed by atoms with Crippen molar-refractivity contribution >= 4 is 0 Å². The molecule has 0 saturated carbocycles. The van der Waals surface area contributed by atoms with E-state index in [1.807, 2.05) is 13.2 Å². The molecule has 1 heterocycles. The maximum Gasteiger partial charge on any atom is 0.120 e. The zero-order valence-corrected chi connectivity index (χ0v) is 8.75. The Balaban J connectivity index is 2.20. The van der Waals surface area contributed by atoms with Crippen molar-refractivity contribution in [1.82, 2.24) is 4.90 Å². The van der Waals surface area contributed by atoms with E-state index in [1.54, 1.807) is 0 Å². The molecule has 0 unspecified atom stereocenters. The van der Waals surface area contributed by atoms with Crippen LogP contribution < -0.4 is 0 Å². The summed E-state index contributed by atoms with van der Waals surface area (Å²) in [6.07, 6.45) is 8.68. The Morgan fingerprint density at radius 3 is 3.07 bits per heavy atom. The van der Waals surface area contributed by atoms with Crippen molar-refractivity contribution in [3.8, 4) is 0 Å². The fourth-order valence-electron chi connectivity index (χ4n) is 1.98. The summed E-state index contributed by atoms with van der Waals surface area (Å²) in [7, 11) is 2.03. The van der Waals surface area contributed by atoms with E-state index in [0.717, 1.165) is 25.2 Å². The molecule has 2 rings (SSSR count). The SMILES string of the molecule is C=CN(C)C1=CC2=C(CCCO2)CC1. The summed E-state index contributed by atoms with van der Waals surface area (Å²) in [6.45, 7) is 4.64. The topological polar surface area (TPSA) is 12.5 Å². The van der Waals surface area contributed by atoms with Gasteiger partial charge >= 0.3 is 0 Å². The normalized spacial score (nSPS) is 20.8. The van der Waals surface area contributed by atoms with Crippen molar-refractivity contribution in [1.29, 1.82) is 0 Å². The van der Waals surface area contributed by atoms with Crippen LogP contribution in [0.1, 0.15) is 25.7 Å². The highest BCUT2D eigenvalue weighted by atomic mass is 16.5. The van der Waals surface area contributed by atoms with E-state index >= 15 is 0 Å². The van der Waals surface area contributed by atoms with Gasteiger partial charge in [0.15, 0.2) is 0 Å². The summed E-state index contributed by atoms with van der Waals surface area (Å²) < 4.78 is 5.65. The molecule has 0 amide bonds. The molecule has 14 heavy (non-hydrogen) atoms. The van der Waals surface area contributed by atoms with Gasteiger partial charge in [-0.3, -0.25) is 0 Å². The highest BCUT2D eigenvalue weighted by molar-refractivity contribution is 5.30. The third-order valence-corrected chi connectivity index (χ3v) is 2.94. The lowest BCUT2D eigenvalue weighted by molar-refractivity contribution is 0.194. The minimum Gasteiger partial charge on any atom is -0.494 e. The van der Waals surface area contributed by atoms with Gasteiger partial charge in [-0.2, -0.15) is 0 Å². The van der Waals surface area contributed by atoms with Crippen molar-refractivity contribution in [2.24, 2.45) is 0 Å². The average Bonchev–Trinajstić information content (AvgIpc) is 2.27. The van der Waals surface area contributed by atoms with Gasteiger partial charge in [0.25, 0.3) is 0 Å². The lowest BCUT2D eigenvalue weighted by Gasteiger charge is -2.27. The van der Waals surface area contributed by atoms with Crippen molar-refractivity contribution in [3.63, 3.8) is 0 Å². The van der Waals surface area contributed by atoms with Crippen LogP contribution in [0.25, 0.3) is 0 Å². The van der Waals surface area contributed by atoms with E-state index in [4.69, 9.17) is 4.74 Å². The molecule has 0 radical (unpaired) electrons. The summed E-state index contributed by atoms with van der Waals surface area (Å²) in [5.41, 5.74) is 2.80. The van der Waals surface area contributed by atoms with Crippen LogP contribution in [0, 0.1) is 0 Å². The first-order chi connectivity index (χ1) is 6.81. The van der Waals surface area contributed by atoms with Crippen LogP contribution in [-0.4, -0.2) is 18.6 Å². The van der Waals surface area contributed by atoms with Crippen molar-refractivity contribution < 1.29 is 4.74 Å². The maximum atomic E-state index is 5.65. The van der Waals surface area contributed by atoms with E-state index in [0.29, 0.717) is 0 Å². The maximum absolute atomic E-state index is 5.65. The summed E-state index contributed by atoms with van der Waals surface area (Å²) >= 11 is 0. The van der Waals surface area contributed by atoms with Crippen LogP contribution in [0.2, 0.25) is 0 Å². The molecule has 0 aromatic carbocycles. The number of hydrogen-bond acceptors (Lipinski definition) is 2. The third kappa shape index (κ3) is 1.69. The van der Waals surface area contributed by atoms with Gasteiger partial charge in [0.2, 0.25) is 0 Å².